The summed E-state index contributed by atoms with van der Waals surface area (Å²) in [4.78, 5) is 30.9. The van der Waals surface area contributed by atoms with E-state index < -0.39 is 5.97 Å². The van der Waals surface area contributed by atoms with Crippen molar-refractivity contribution in [2.45, 2.75) is 13.3 Å². The van der Waals surface area contributed by atoms with E-state index in [1.807, 2.05) is 0 Å². The summed E-state index contributed by atoms with van der Waals surface area (Å²) in [5.74, 6) is -0.775. The van der Waals surface area contributed by atoms with Gasteiger partial charge in [-0.3, -0.25) is 9.79 Å². The van der Waals surface area contributed by atoms with E-state index in [4.69, 9.17) is 16.3 Å². The minimum atomic E-state index is -0.564. The monoisotopic (exact) mass is 306 g/mol. The molecule has 0 radical (unpaired) electrons. The number of nitrogens with one attached hydrogen (secondary N) is 1. The van der Waals surface area contributed by atoms with Crippen LogP contribution in [0.5, 0.6) is 0 Å². The summed E-state index contributed by atoms with van der Waals surface area (Å²) in [5, 5.41) is 1.28. The maximum absolute atomic E-state index is 12.4. The predicted octanol–water partition coefficient (Wildman–Crippen LogP) is 3.03. The molecule has 0 unspecified atom stereocenters. The van der Waals surface area contributed by atoms with Crippen LogP contribution in [0.25, 0.3) is 10.9 Å². The number of fused-ring (bicyclic) bond motifs is 1. The van der Waals surface area contributed by atoms with Crippen molar-refractivity contribution in [3.8, 4) is 0 Å². The van der Waals surface area contributed by atoms with Gasteiger partial charge in [-0.15, -0.1) is 0 Å². The molecule has 0 saturated carbocycles. The Hall–Kier alpha value is -2.14. The number of Topliss-reactive ketones (excluding diaryl/α,β-unsaturated/α-hetero) is 1. The summed E-state index contributed by atoms with van der Waals surface area (Å²) < 4.78 is 4.87. The van der Waals surface area contributed by atoms with Gasteiger partial charge in [-0.1, -0.05) is 11.6 Å². The lowest BCUT2D eigenvalue weighted by atomic mass is 10.0. The highest BCUT2D eigenvalue weighted by Gasteiger charge is 2.19. The van der Waals surface area contributed by atoms with E-state index in [1.54, 1.807) is 31.3 Å². The number of carbonyl (C=O) groups excluding carboxylic acids is 2. The molecular formula is C15H15ClN2O3. The van der Waals surface area contributed by atoms with Crippen LogP contribution in [0.3, 0.4) is 0 Å². The number of esters is 1. The number of aromatic amines is 1. The average molecular weight is 307 g/mol. The van der Waals surface area contributed by atoms with Gasteiger partial charge in [-0.05, 0) is 25.1 Å². The second-order valence-corrected chi connectivity index (χ2v) is 4.82. The predicted molar refractivity (Wildman–Crippen MR) is 82.2 cm³/mol. The van der Waals surface area contributed by atoms with Gasteiger partial charge in [0.05, 0.1) is 13.0 Å². The smallest absolute Gasteiger partial charge is 0.352 e. The maximum Gasteiger partial charge on any atom is 0.352 e. The zero-order valence-electron chi connectivity index (χ0n) is 11.8. The second-order valence-electron chi connectivity index (χ2n) is 4.38. The van der Waals surface area contributed by atoms with E-state index in [-0.39, 0.29) is 24.5 Å². The Kier molecular flexibility index (Phi) is 4.75. The summed E-state index contributed by atoms with van der Waals surface area (Å²) in [7, 11) is 1.46. The minimum absolute atomic E-state index is 0.102. The van der Waals surface area contributed by atoms with Crippen LogP contribution in [0.2, 0.25) is 5.02 Å². The number of aliphatic imine (C=N–C) groups is 1. The molecule has 0 amide bonds. The van der Waals surface area contributed by atoms with Crippen LogP contribution < -0.4 is 0 Å². The molecule has 6 heteroatoms. The van der Waals surface area contributed by atoms with Gasteiger partial charge in [0.15, 0.2) is 5.78 Å². The molecular weight excluding hydrogens is 292 g/mol. The molecule has 0 aliphatic heterocycles. The van der Waals surface area contributed by atoms with E-state index in [9.17, 15) is 9.59 Å². The van der Waals surface area contributed by atoms with Gasteiger partial charge in [0.1, 0.15) is 5.71 Å². The Labute approximate surface area is 127 Å². The van der Waals surface area contributed by atoms with Gasteiger partial charge < -0.3 is 9.72 Å². The minimum Gasteiger partial charge on any atom is -0.462 e. The summed E-state index contributed by atoms with van der Waals surface area (Å²) >= 11 is 5.95. The van der Waals surface area contributed by atoms with Crippen molar-refractivity contribution in [2.75, 3.05) is 13.7 Å². The van der Waals surface area contributed by atoms with Crippen molar-refractivity contribution in [1.29, 1.82) is 0 Å². The topological polar surface area (TPSA) is 71.5 Å². The molecule has 1 N–H and O–H groups in total. The quantitative estimate of drug-likeness (QED) is 0.524. The first-order valence-electron chi connectivity index (χ1n) is 6.49. The summed E-state index contributed by atoms with van der Waals surface area (Å²) in [6, 6.07) is 5.26. The molecule has 0 aliphatic rings. The molecule has 0 saturated heterocycles. The second kappa shape index (κ2) is 6.54. The maximum atomic E-state index is 12.4. The fourth-order valence-electron chi connectivity index (χ4n) is 2.03. The van der Waals surface area contributed by atoms with Gasteiger partial charge in [0.2, 0.25) is 0 Å². The summed E-state index contributed by atoms with van der Waals surface area (Å²) in [6.07, 6.45) is 1.51. The summed E-state index contributed by atoms with van der Waals surface area (Å²) in [6.45, 7) is 1.95. The van der Waals surface area contributed by atoms with Crippen molar-refractivity contribution >= 4 is 40.0 Å². The number of ether oxygens (including phenoxy) is 1. The van der Waals surface area contributed by atoms with Gasteiger partial charge in [-0.2, -0.15) is 0 Å². The van der Waals surface area contributed by atoms with Crippen LogP contribution in [0.15, 0.2) is 29.4 Å². The van der Waals surface area contributed by atoms with Crippen LogP contribution >= 0.6 is 11.6 Å². The molecule has 0 fully saturated rings. The fourth-order valence-corrected chi connectivity index (χ4v) is 2.20. The largest absolute Gasteiger partial charge is 0.462 e. The number of hydrogen-bond acceptors (Lipinski definition) is 4. The zero-order valence-corrected chi connectivity index (χ0v) is 12.5. The van der Waals surface area contributed by atoms with Crippen molar-refractivity contribution in [3.63, 3.8) is 0 Å². The molecule has 0 bridgehead atoms. The average Bonchev–Trinajstić information content (AvgIpc) is 2.87. The van der Waals surface area contributed by atoms with Crippen LogP contribution in [0, 0.1) is 0 Å². The molecule has 2 aromatic rings. The van der Waals surface area contributed by atoms with E-state index in [0.29, 0.717) is 10.6 Å². The Morgan fingerprint density at radius 2 is 2.14 bits per heavy atom. The van der Waals surface area contributed by atoms with Crippen LogP contribution in [0.4, 0.5) is 0 Å². The lowest BCUT2D eigenvalue weighted by Crippen LogP contribution is -2.21. The molecule has 1 aromatic carbocycles. The highest BCUT2D eigenvalue weighted by atomic mass is 35.5. The van der Waals surface area contributed by atoms with Gasteiger partial charge in [-0.25, -0.2) is 4.79 Å². The molecule has 0 atom stereocenters. The van der Waals surface area contributed by atoms with Gasteiger partial charge in [0, 0.05) is 34.7 Å². The number of rotatable bonds is 5. The number of nitrogens with zero attached hydrogens (tertiary/aromatic N) is 1. The molecule has 0 spiro atoms. The number of ketones is 1. The molecule has 0 aliphatic carbocycles. The first-order valence-corrected chi connectivity index (χ1v) is 6.87. The zero-order chi connectivity index (χ0) is 15.4. The molecule has 1 heterocycles. The number of H-pyrrole nitrogens is 1. The third kappa shape index (κ3) is 3.31. The van der Waals surface area contributed by atoms with Crippen molar-refractivity contribution < 1.29 is 14.3 Å². The SMILES string of the molecule is CCOC(=O)C(CC(=O)c1c[nH]c2ccc(Cl)cc12)=NC. The van der Waals surface area contributed by atoms with Gasteiger partial charge >= 0.3 is 5.97 Å². The Bertz CT molecular complexity index is 719. The lowest BCUT2D eigenvalue weighted by Gasteiger charge is -2.04. The van der Waals surface area contributed by atoms with Crippen LogP contribution in [-0.4, -0.2) is 36.1 Å². The van der Waals surface area contributed by atoms with E-state index in [0.717, 1.165) is 10.9 Å². The van der Waals surface area contributed by atoms with Crippen molar-refractivity contribution in [3.05, 3.63) is 35.0 Å². The number of halogens is 1. The van der Waals surface area contributed by atoms with E-state index in [1.165, 1.54) is 7.05 Å². The molecule has 1 aromatic heterocycles. The van der Waals surface area contributed by atoms with Crippen LogP contribution in [-0.2, 0) is 9.53 Å². The number of hydrogen-bond donors (Lipinski definition) is 1. The summed E-state index contributed by atoms with van der Waals surface area (Å²) in [5.41, 5.74) is 1.41. The Morgan fingerprint density at radius 3 is 2.81 bits per heavy atom. The van der Waals surface area contributed by atoms with Crippen LogP contribution in [0.1, 0.15) is 23.7 Å². The fraction of sp³-hybridized carbons (Fsp3) is 0.267. The number of aromatic nitrogens is 1. The Balaban J connectivity index is 2.26. The first kappa shape index (κ1) is 15.3. The molecule has 21 heavy (non-hydrogen) atoms. The standard InChI is InChI=1S/C15H15ClN2O3/c1-3-21-15(20)13(17-2)7-14(19)11-8-18-12-5-4-9(16)6-10(11)12/h4-6,8,18H,3,7H2,1-2H3. The first-order chi connectivity index (χ1) is 10.1. The molecule has 110 valence electrons. The molecule has 5 nitrogen and oxygen atoms in total. The molecule has 2 rings (SSSR count). The van der Waals surface area contributed by atoms with Crippen molar-refractivity contribution in [2.24, 2.45) is 4.99 Å². The Morgan fingerprint density at radius 1 is 1.38 bits per heavy atom. The van der Waals surface area contributed by atoms with Gasteiger partial charge in [0.25, 0.3) is 0 Å². The van der Waals surface area contributed by atoms with E-state index in [2.05, 4.69) is 9.98 Å². The third-order valence-corrected chi connectivity index (χ3v) is 3.29. The lowest BCUT2D eigenvalue weighted by molar-refractivity contribution is -0.135. The normalized spacial score (nSPS) is 11.7. The third-order valence-electron chi connectivity index (χ3n) is 3.05. The number of carbonyl (C=O) groups is 2. The number of benzene rings is 1. The van der Waals surface area contributed by atoms with E-state index >= 15 is 0 Å². The highest BCUT2D eigenvalue weighted by Crippen LogP contribution is 2.23. The van der Waals surface area contributed by atoms with Crippen molar-refractivity contribution in [1.82, 2.24) is 4.98 Å². The highest BCUT2D eigenvalue weighted by molar-refractivity contribution is 6.41.